The molecule has 0 aliphatic carbocycles. The van der Waals surface area contributed by atoms with E-state index in [1.807, 2.05) is 42.5 Å². The zero-order valence-electron chi connectivity index (χ0n) is 15.7. The van der Waals surface area contributed by atoms with Crippen LogP contribution >= 0.6 is 0 Å². The van der Waals surface area contributed by atoms with E-state index in [0.717, 1.165) is 29.0 Å². The summed E-state index contributed by atoms with van der Waals surface area (Å²) in [7, 11) is 0. The Morgan fingerprint density at radius 2 is 1.74 bits per heavy atom. The highest BCUT2D eigenvalue weighted by molar-refractivity contribution is 5.94. The lowest BCUT2D eigenvalue weighted by Gasteiger charge is -2.08. The number of ether oxygens (including phenoxy) is 1. The van der Waals surface area contributed by atoms with Crippen LogP contribution in [0.3, 0.4) is 0 Å². The van der Waals surface area contributed by atoms with Gasteiger partial charge in [-0.3, -0.25) is 9.78 Å². The summed E-state index contributed by atoms with van der Waals surface area (Å²) < 4.78 is 5.56. The first-order valence-corrected chi connectivity index (χ1v) is 9.19. The first kappa shape index (κ1) is 18.6. The molecular weight excluding hydrogens is 336 g/mol. The Balaban J connectivity index is 1.57. The number of benzene rings is 2. The molecule has 0 unspecified atom stereocenters. The lowest BCUT2D eigenvalue weighted by molar-refractivity contribution is 0.0950. The molecule has 0 spiro atoms. The Labute approximate surface area is 160 Å². The quantitative estimate of drug-likeness (QED) is 0.660. The number of amides is 1. The van der Waals surface area contributed by atoms with Gasteiger partial charge in [0, 0.05) is 18.3 Å². The molecule has 0 saturated heterocycles. The molecule has 0 radical (unpaired) electrons. The number of nitrogens with zero attached hydrogens (tertiary/aromatic N) is 1. The third kappa shape index (κ3) is 5.17. The van der Waals surface area contributed by atoms with Gasteiger partial charge in [0.1, 0.15) is 5.75 Å². The lowest BCUT2D eigenvalue weighted by Crippen LogP contribution is -2.22. The van der Waals surface area contributed by atoms with Gasteiger partial charge in [-0.25, -0.2) is 0 Å². The molecule has 0 atom stereocenters. The van der Waals surface area contributed by atoms with Crippen molar-refractivity contribution in [2.45, 2.75) is 26.8 Å². The predicted molar refractivity (Wildman–Crippen MR) is 108 cm³/mol. The van der Waals surface area contributed by atoms with Crippen molar-refractivity contribution in [2.75, 3.05) is 6.61 Å². The minimum atomic E-state index is -0.135. The van der Waals surface area contributed by atoms with Gasteiger partial charge in [-0.1, -0.05) is 48.9 Å². The van der Waals surface area contributed by atoms with Crippen LogP contribution in [0.15, 0.2) is 66.9 Å². The molecule has 3 aromatic rings. The van der Waals surface area contributed by atoms with Crippen molar-refractivity contribution in [1.29, 1.82) is 0 Å². The molecule has 4 heteroatoms. The van der Waals surface area contributed by atoms with Crippen LogP contribution in [-0.4, -0.2) is 17.5 Å². The number of rotatable bonds is 7. The van der Waals surface area contributed by atoms with E-state index >= 15 is 0 Å². The minimum absolute atomic E-state index is 0.135. The number of pyridine rings is 1. The molecule has 0 aliphatic heterocycles. The third-order valence-corrected chi connectivity index (χ3v) is 4.22. The average Bonchev–Trinajstić information content (AvgIpc) is 2.72. The molecule has 0 saturated carbocycles. The molecule has 27 heavy (non-hydrogen) atoms. The van der Waals surface area contributed by atoms with Crippen LogP contribution in [0.4, 0.5) is 0 Å². The summed E-state index contributed by atoms with van der Waals surface area (Å²) in [5, 5.41) is 2.92. The van der Waals surface area contributed by atoms with Crippen LogP contribution in [0.2, 0.25) is 0 Å². The highest BCUT2D eigenvalue weighted by Crippen LogP contribution is 2.18. The maximum Gasteiger partial charge on any atom is 0.253 e. The molecule has 4 nitrogen and oxygen atoms in total. The van der Waals surface area contributed by atoms with Gasteiger partial charge in [-0.2, -0.15) is 0 Å². The highest BCUT2D eigenvalue weighted by Gasteiger charge is 2.07. The minimum Gasteiger partial charge on any atom is -0.494 e. The van der Waals surface area contributed by atoms with E-state index in [-0.39, 0.29) is 5.91 Å². The van der Waals surface area contributed by atoms with Crippen molar-refractivity contribution >= 4 is 5.91 Å². The second-order valence-electron chi connectivity index (χ2n) is 6.47. The third-order valence-electron chi connectivity index (χ3n) is 4.22. The molecular formula is C23H24N2O2. The fourth-order valence-electron chi connectivity index (χ4n) is 2.63. The maximum atomic E-state index is 12.3. The summed E-state index contributed by atoms with van der Waals surface area (Å²) in [6.07, 6.45) is 2.60. The van der Waals surface area contributed by atoms with E-state index in [1.54, 1.807) is 12.3 Å². The Morgan fingerprint density at radius 3 is 2.37 bits per heavy atom. The summed E-state index contributed by atoms with van der Waals surface area (Å²) in [5.41, 5.74) is 4.68. The SMILES string of the molecule is CCCOc1ccc(CNC(=O)c2ccc(-c3ccc(C)cc3)nc2)cc1. The lowest BCUT2D eigenvalue weighted by atomic mass is 10.1. The van der Waals surface area contributed by atoms with Crippen molar-refractivity contribution in [2.24, 2.45) is 0 Å². The van der Waals surface area contributed by atoms with E-state index in [9.17, 15) is 4.79 Å². The van der Waals surface area contributed by atoms with E-state index in [1.165, 1.54) is 5.56 Å². The van der Waals surface area contributed by atoms with Gasteiger partial charge < -0.3 is 10.1 Å². The summed E-state index contributed by atoms with van der Waals surface area (Å²) in [5.74, 6) is 0.715. The van der Waals surface area contributed by atoms with E-state index in [2.05, 4.69) is 36.3 Å². The Hall–Kier alpha value is -3.14. The van der Waals surface area contributed by atoms with Crippen LogP contribution in [-0.2, 0) is 6.54 Å². The average molecular weight is 360 g/mol. The molecule has 0 fully saturated rings. The molecule has 1 N–H and O–H groups in total. The zero-order chi connectivity index (χ0) is 19.1. The molecule has 138 valence electrons. The van der Waals surface area contributed by atoms with Crippen LogP contribution in [0, 0.1) is 6.92 Å². The number of aromatic nitrogens is 1. The van der Waals surface area contributed by atoms with E-state index < -0.39 is 0 Å². The highest BCUT2D eigenvalue weighted by atomic mass is 16.5. The Kier molecular flexibility index (Phi) is 6.21. The van der Waals surface area contributed by atoms with Crippen molar-refractivity contribution in [3.05, 3.63) is 83.6 Å². The van der Waals surface area contributed by atoms with Gasteiger partial charge in [-0.15, -0.1) is 0 Å². The van der Waals surface area contributed by atoms with Crippen molar-refractivity contribution in [3.8, 4) is 17.0 Å². The van der Waals surface area contributed by atoms with Crippen molar-refractivity contribution < 1.29 is 9.53 Å². The normalized spacial score (nSPS) is 10.4. The standard InChI is InChI=1S/C23H24N2O2/c1-3-14-27-21-11-6-18(7-12-21)15-25-23(26)20-10-13-22(24-16-20)19-8-4-17(2)5-9-19/h4-13,16H,3,14-15H2,1-2H3,(H,25,26). The van der Waals surface area contributed by atoms with Crippen LogP contribution in [0.1, 0.15) is 34.8 Å². The van der Waals surface area contributed by atoms with Gasteiger partial charge in [0.25, 0.3) is 5.91 Å². The maximum absolute atomic E-state index is 12.3. The molecule has 1 amide bonds. The van der Waals surface area contributed by atoms with Gasteiger partial charge in [0.15, 0.2) is 0 Å². The van der Waals surface area contributed by atoms with Crippen LogP contribution in [0.5, 0.6) is 5.75 Å². The monoisotopic (exact) mass is 360 g/mol. The van der Waals surface area contributed by atoms with Crippen LogP contribution in [0.25, 0.3) is 11.3 Å². The topological polar surface area (TPSA) is 51.2 Å². The van der Waals surface area contributed by atoms with Crippen molar-refractivity contribution in [1.82, 2.24) is 10.3 Å². The molecule has 0 aliphatic rings. The van der Waals surface area contributed by atoms with E-state index in [0.29, 0.717) is 18.7 Å². The first-order chi connectivity index (χ1) is 13.2. The first-order valence-electron chi connectivity index (χ1n) is 9.19. The van der Waals surface area contributed by atoms with Crippen molar-refractivity contribution in [3.63, 3.8) is 0 Å². The van der Waals surface area contributed by atoms with Gasteiger partial charge >= 0.3 is 0 Å². The fraction of sp³-hybridized carbons (Fsp3) is 0.217. The summed E-state index contributed by atoms with van der Waals surface area (Å²) >= 11 is 0. The number of hydrogen-bond acceptors (Lipinski definition) is 3. The predicted octanol–water partition coefficient (Wildman–Crippen LogP) is 4.78. The smallest absolute Gasteiger partial charge is 0.253 e. The Bertz CT molecular complexity index is 870. The van der Waals surface area contributed by atoms with E-state index in [4.69, 9.17) is 4.74 Å². The number of nitrogens with one attached hydrogen (secondary N) is 1. The molecule has 2 aromatic carbocycles. The summed E-state index contributed by atoms with van der Waals surface area (Å²) in [6, 6.07) is 19.6. The number of carbonyl (C=O) groups is 1. The molecule has 3 rings (SSSR count). The van der Waals surface area contributed by atoms with Gasteiger partial charge in [0.05, 0.1) is 17.9 Å². The number of aryl methyl sites for hydroxylation is 1. The fourth-order valence-corrected chi connectivity index (χ4v) is 2.63. The Morgan fingerprint density at radius 1 is 1.00 bits per heavy atom. The van der Waals surface area contributed by atoms with Crippen LogP contribution < -0.4 is 10.1 Å². The molecule has 1 aromatic heterocycles. The van der Waals surface area contributed by atoms with Gasteiger partial charge in [-0.05, 0) is 43.2 Å². The second kappa shape index (κ2) is 8.99. The molecule has 1 heterocycles. The second-order valence-corrected chi connectivity index (χ2v) is 6.47. The number of hydrogen-bond donors (Lipinski definition) is 1. The zero-order valence-corrected chi connectivity index (χ0v) is 15.7. The molecule has 0 bridgehead atoms. The summed E-state index contributed by atoms with van der Waals surface area (Å²) in [4.78, 5) is 16.8. The summed E-state index contributed by atoms with van der Waals surface area (Å²) in [6.45, 7) is 5.30. The van der Waals surface area contributed by atoms with Gasteiger partial charge in [0.2, 0.25) is 0 Å². The largest absolute Gasteiger partial charge is 0.494 e. The number of carbonyl (C=O) groups excluding carboxylic acids is 1.